The number of carbonyl (C=O) groups excluding carboxylic acids is 2. The van der Waals surface area contributed by atoms with Gasteiger partial charge in [-0.1, -0.05) is 49.7 Å². The van der Waals surface area contributed by atoms with Gasteiger partial charge in [-0.25, -0.2) is 8.42 Å². The van der Waals surface area contributed by atoms with Crippen molar-refractivity contribution in [2.75, 3.05) is 23.7 Å². The van der Waals surface area contributed by atoms with E-state index < -0.39 is 33.4 Å². The molecule has 1 unspecified atom stereocenters. The summed E-state index contributed by atoms with van der Waals surface area (Å²) in [5.74, 6) is -0.763. The second-order valence-electron chi connectivity index (χ2n) is 9.32. The Bertz CT molecular complexity index is 1210. The number of nitrogens with one attached hydrogen (secondary N) is 1. The van der Waals surface area contributed by atoms with Gasteiger partial charge in [0, 0.05) is 25.2 Å². The van der Waals surface area contributed by atoms with Crippen molar-refractivity contribution in [3.05, 3.63) is 69.3 Å². The van der Waals surface area contributed by atoms with E-state index in [0.717, 1.165) is 27.8 Å². The van der Waals surface area contributed by atoms with Gasteiger partial charge in [0.15, 0.2) is 0 Å². The maximum atomic E-state index is 13.6. The molecule has 0 aromatic heterocycles. The van der Waals surface area contributed by atoms with E-state index in [2.05, 4.69) is 5.32 Å². The number of non-ortho nitro benzene ring substituents is 1. The number of nitrogens with zero attached hydrogens (tertiary/aromatic N) is 3. The molecule has 0 saturated heterocycles. The summed E-state index contributed by atoms with van der Waals surface area (Å²) in [4.78, 5) is 38.4. The van der Waals surface area contributed by atoms with Crippen molar-refractivity contribution in [1.82, 2.24) is 10.2 Å². The van der Waals surface area contributed by atoms with Crippen molar-refractivity contribution in [3.8, 4) is 0 Å². The summed E-state index contributed by atoms with van der Waals surface area (Å²) in [6.07, 6.45) is 0.932. The van der Waals surface area contributed by atoms with Gasteiger partial charge in [0.2, 0.25) is 21.8 Å². The zero-order chi connectivity index (χ0) is 27.2. The zero-order valence-electron chi connectivity index (χ0n) is 21.5. The Kier molecular flexibility index (Phi) is 9.57. The lowest BCUT2D eigenvalue weighted by Gasteiger charge is -2.32. The predicted octanol–water partition coefficient (Wildman–Crippen LogP) is 3.17. The summed E-state index contributed by atoms with van der Waals surface area (Å²) in [5, 5.41) is 14.1. The third-order valence-electron chi connectivity index (χ3n) is 5.68. The molecule has 0 spiro atoms. The molecule has 0 fully saturated rings. The third-order valence-corrected chi connectivity index (χ3v) is 6.80. The van der Waals surface area contributed by atoms with Gasteiger partial charge in [-0.2, -0.15) is 0 Å². The number of carbonyl (C=O) groups is 2. The minimum Gasteiger partial charge on any atom is -0.354 e. The topological polar surface area (TPSA) is 130 Å². The van der Waals surface area contributed by atoms with Crippen LogP contribution in [0.4, 0.5) is 11.4 Å². The summed E-state index contributed by atoms with van der Waals surface area (Å²) in [5.41, 5.74) is 1.99. The van der Waals surface area contributed by atoms with Crippen molar-refractivity contribution in [1.29, 1.82) is 0 Å². The molecule has 196 valence electrons. The first-order valence-corrected chi connectivity index (χ1v) is 13.4. The van der Waals surface area contributed by atoms with Gasteiger partial charge >= 0.3 is 0 Å². The highest BCUT2D eigenvalue weighted by Crippen LogP contribution is 2.28. The predicted molar refractivity (Wildman–Crippen MR) is 139 cm³/mol. The number of nitro groups is 1. The van der Waals surface area contributed by atoms with Gasteiger partial charge in [0.25, 0.3) is 5.69 Å². The van der Waals surface area contributed by atoms with Crippen LogP contribution in [-0.4, -0.2) is 55.4 Å². The van der Waals surface area contributed by atoms with Crippen LogP contribution in [0, 0.1) is 29.9 Å². The van der Waals surface area contributed by atoms with E-state index in [0.29, 0.717) is 12.1 Å². The van der Waals surface area contributed by atoms with Crippen molar-refractivity contribution >= 4 is 33.2 Å². The smallest absolute Gasteiger partial charge is 0.271 e. The van der Waals surface area contributed by atoms with E-state index in [-0.39, 0.29) is 29.7 Å². The molecule has 1 atom stereocenters. The van der Waals surface area contributed by atoms with Gasteiger partial charge in [-0.3, -0.25) is 24.0 Å². The van der Waals surface area contributed by atoms with Crippen LogP contribution in [0.1, 0.15) is 37.5 Å². The normalized spacial score (nSPS) is 12.2. The zero-order valence-corrected chi connectivity index (χ0v) is 22.3. The Balaban J connectivity index is 2.45. The van der Waals surface area contributed by atoms with E-state index in [4.69, 9.17) is 0 Å². The molecule has 0 radical (unpaired) electrons. The van der Waals surface area contributed by atoms with Crippen LogP contribution in [-0.2, 0) is 26.2 Å². The summed E-state index contributed by atoms with van der Waals surface area (Å²) in [7, 11) is -3.99. The molecule has 0 heterocycles. The SMILES string of the molecule is Cc1ccc(CN(C(=O)CN(c2cc([N+](=O)[O-])ccc2C)S(C)(=O)=O)C(C)C(=O)NCC(C)C)cc1. The van der Waals surface area contributed by atoms with Gasteiger partial charge in [-0.05, 0) is 37.8 Å². The van der Waals surface area contributed by atoms with Gasteiger partial charge in [0.05, 0.1) is 16.9 Å². The summed E-state index contributed by atoms with van der Waals surface area (Å²) in [6, 6.07) is 10.4. The largest absolute Gasteiger partial charge is 0.354 e. The van der Waals surface area contributed by atoms with Crippen molar-refractivity contribution in [2.45, 2.75) is 47.2 Å². The van der Waals surface area contributed by atoms with Crippen LogP contribution in [0.3, 0.4) is 0 Å². The molecule has 10 nitrogen and oxygen atoms in total. The van der Waals surface area contributed by atoms with Gasteiger partial charge in [0.1, 0.15) is 12.6 Å². The van der Waals surface area contributed by atoms with Crippen molar-refractivity contribution in [2.24, 2.45) is 5.92 Å². The number of amides is 2. The molecular weight excluding hydrogens is 484 g/mol. The molecule has 0 aliphatic rings. The monoisotopic (exact) mass is 518 g/mol. The van der Waals surface area contributed by atoms with Crippen LogP contribution in [0.2, 0.25) is 0 Å². The Morgan fingerprint density at radius 1 is 1.06 bits per heavy atom. The molecule has 1 N–H and O–H groups in total. The maximum Gasteiger partial charge on any atom is 0.271 e. The van der Waals surface area contributed by atoms with E-state index in [9.17, 15) is 28.1 Å². The number of hydrogen-bond acceptors (Lipinski definition) is 6. The first-order valence-electron chi connectivity index (χ1n) is 11.6. The Hall–Kier alpha value is -3.47. The minimum atomic E-state index is -3.99. The Morgan fingerprint density at radius 3 is 2.19 bits per heavy atom. The molecule has 0 aliphatic carbocycles. The number of nitro benzene ring substituents is 1. The number of aryl methyl sites for hydroxylation is 2. The molecule has 0 aliphatic heterocycles. The highest BCUT2D eigenvalue weighted by atomic mass is 32.2. The van der Waals surface area contributed by atoms with Crippen LogP contribution >= 0.6 is 0 Å². The molecule has 0 saturated carbocycles. The van der Waals surface area contributed by atoms with E-state index in [1.54, 1.807) is 13.8 Å². The fourth-order valence-corrected chi connectivity index (χ4v) is 4.40. The average molecular weight is 519 g/mol. The number of benzene rings is 2. The second kappa shape index (κ2) is 12.0. The minimum absolute atomic E-state index is 0.0345. The molecule has 0 bridgehead atoms. The van der Waals surface area contributed by atoms with Crippen molar-refractivity contribution in [3.63, 3.8) is 0 Å². The number of hydrogen-bond donors (Lipinski definition) is 1. The molecule has 2 aromatic carbocycles. The fourth-order valence-electron chi connectivity index (χ4n) is 3.50. The molecule has 36 heavy (non-hydrogen) atoms. The summed E-state index contributed by atoms with van der Waals surface area (Å²) in [6.45, 7) is 8.92. The standard InChI is InChI=1S/C25H34N4O6S/c1-17(2)14-26-25(31)20(5)27(15-21-10-7-18(3)8-11-21)24(30)16-28(36(6,34)35)23-13-22(29(32)33)12-9-19(23)4/h7-13,17,20H,14-16H2,1-6H3,(H,26,31). The average Bonchev–Trinajstić information content (AvgIpc) is 2.79. The van der Waals surface area contributed by atoms with E-state index in [1.165, 1.54) is 17.0 Å². The van der Waals surface area contributed by atoms with E-state index >= 15 is 0 Å². The van der Waals surface area contributed by atoms with Crippen LogP contribution < -0.4 is 9.62 Å². The van der Waals surface area contributed by atoms with Crippen LogP contribution in [0.15, 0.2) is 42.5 Å². The van der Waals surface area contributed by atoms with E-state index in [1.807, 2.05) is 45.0 Å². The number of sulfonamides is 1. The quantitative estimate of drug-likeness (QED) is 0.359. The molecule has 2 amide bonds. The first kappa shape index (κ1) is 28.8. The molecular formula is C25H34N4O6S. The summed E-state index contributed by atoms with van der Waals surface area (Å²) < 4.78 is 26.3. The molecule has 2 aromatic rings. The first-order chi connectivity index (χ1) is 16.7. The maximum absolute atomic E-state index is 13.6. The third kappa shape index (κ3) is 7.77. The lowest BCUT2D eigenvalue weighted by atomic mass is 10.1. The Morgan fingerprint density at radius 2 is 1.67 bits per heavy atom. The molecule has 11 heteroatoms. The number of rotatable bonds is 11. The van der Waals surface area contributed by atoms with Gasteiger partial charge in [-0.15, -0.1) is 0 Å². The lowest BCUT2D eigenvalue weighted by Crippen LogP contribution is -2.51. The highest BCUT2D eigenvalue weighted by Gasteiger charge is 2.31. The Labute approximate surface area is 212 Å². The second-order valence-corrected chi connectivity index (χ2v) is 11.2. The van der Waals surface area contributed by atoms with Crippen LogP contribution in [0.25, 0.3) is 0 Å². The van der Waals surface area contributed by atoms with Crippen molar-refractivity contribution < 1.29 is 22.9 Å². The fraction of sp³-hybridized carbons (Fsp3) is 0.440. The number of anilines is 1. The van der Waals surface area contributed by atoms with Gasteiger partial charge < -0.3 is 10.2 Å². The van der Waals surface area contributed by atoms with Crippen LogP contribution in [0.5, 0.6) is 0 Å². The molecule has 2 rings (SSSR count). The lowest BCUT2D eigenvalue weighted by molar-refractivity contribution is -0.384. The highest BCUT2D eigenvalue weighted by molar-refractivity contribution is 7.92. The summed E-state index contributed by atoms with van der Waals surface area (Å²) >= 11 is 0.